The van der Waals surface area contributed by atoms with Crippen molar-refractivity contribution < 1.29 is 46.6 Å². The van der Waals surface area contributed by atoms with Gasteiger partial charge in [0.25, 0.3) is 0 Å². The SMILES string of the molecule is CCC(C)C(C(CC(=O)N1CCCC1C(OC)C(C)C(=O)NCC(=O)OC)OC)N(C)C(=O)CNc1nccc(C(F)(F)F)n1. The molecule has 0 bridgehead atoms. The Kier molecular flexibility index (Phi) is 14.4. The molecule has 1 aliphatic rings. The molecule has 6 atom stereocenters. The van der Waals surface area contributed by atoms with Gasteiger partial charge in [0, 0.05) is 34.0 Å². The van der Waals surface area contributed by atoms with Crippen LogP contribution >= 0.6 is 0 Å². The van der Waals surface area contributed by atoms with Crippen molar-refractivity contribution in [2.24, 2.45) is 11.8 Å². The van der Waals surface area contributed by atoms with Gasteiger partial charge in [0.15, 0.2) is 0 Å². The number of halogens is 3. The normalized spacial score (nSPS) is 18.4. The Morgan fingerprint density at radius 2 is 1.82 bits per heavy atom. The first-order chi connectivity index (χ1) is 21.2. The minimum absolute atomic E-state index is 0.0663. The first-order valence-corrected chi connectivity index (χ1v) is 14.8. The minimum Gasteiger partial charge on any atom is -0.468 e. The Morgan fingerprint density at radius 1 is 1.13 bits per heavy atom. The van der Waals surface area contributed by atoms with E-state index >= 15 is 0 Å². The number of hydrogen-bond donors (Lipinski definition) is 2. The molecule has 6 unspecified atom stereocenters. The summed E-state index contributed by atoms with van der Waals surface area (Å²) in [5.41, 5.74) is -1.14. The molecule has 0 spiro atoms. The quantitative estimate of drug-likeness (QED) is 0.256. The van der Waals surface area contributed by atoms with Crippen LogP contribution in [0.1, 0.15) is 52.1 Å². The summed E-state index contributed by atoms with van der Waals surface area (Å²) >= 11 is 0. The maximum Gasteiger partial charge on any atom is 0.433 e. The van der Waals surface area contributed by atoms with Crippen molar-refractivity contribution >= 4 is 29.6 Å². The lowest BCUT2D eigenvalue weighted by atomic mass is 9.90. The molecule has 1 aromatic heterocycles. The molecule has 16 heteroatoms. The van der Waals surface area contributed by atoms with Gasteiger partial charge >= 0.3 is 12.1 Å². The molecule has 13 nitrogen and oxygen atoms in total. The highest BCUT2D eigenvalue weighted by Crippen LogP contribution is 2.30. The summed E-state index contributed by atoms with van der Waals surface area (Å²) in [5, 5.41) is 5.08. The van der Waals surface area contributed by atoms with E-state index in [1.807, 2.05) is 13.8 Å². The van der Waals surface area contributed by atoms with Crippen LogP contribution in [0.15, 0.2) is 12.3 Å². The first kappa shape index (κ1) is 37.7. The summed E-state index contributed by atoms with van der Waals surface area (Å²) in [4.78, 5) is 61.4. The van der Waals surface area contributed by atoms with Crippen LogP contribution in [0.5, 0.6) is 0 Å². The number of rotatable bonds is 16. The van der Waals surface area contributed by atoms with Gasteiger partial charge in [0.1, 0.15) is 12.2 Å². The first-order valence-electron chi connectivity index (χ1n) is 14.8. The average molecular weight is 647 g/mol. The number of anilines is 1. The van der Waals surface area contributed by atoms with E-state index in [2.05, 4.69) is 25.3 Å². The summed E-state index contributed by atoms with van der Waals surface area (Å²) in [6.07, 6.45) is -3.18. The molecule has 1 fully saturated rings. The van der Waals surface area contributed by atoms with E-state index in [1.54, 1.807) is 18.9 Å². The number of methoxy groups -OCH3 is 3. The summed E-state index contributed by atoms with van der Waals surface area (Å²) in [6.45, 7) is 5.30. The highest BCUT2D eigenvalue weighted by Gasteiger charge is 2.42. The zero-order valence-electron chi connectivity index (χ0n) is 26.8. The second-order valence-corrected chi connectivity index (χ2v) is 11.1. The zero-order chi connectivity index (χ0) is 33.9. The van der Waals surface area contributed by atoms with E-state index < -0.39 is 59.9 Å². The van der Waals surface area contributed by atoms with E-state index in [0.717, 1.165) is 12.3 Å². The van der Waals surface area contributed by atoms with Gasteiger partial charge in [-0.2, -0.15) is 13.2 Å². The average Bonchev–Trinajstić information content (AvgIpc) is 3.51. The summed E-state index contributed by atoms with van der Waals surface area (Å²) in [7, 11) is 5.69. The monoisotopic (exact) mass is 646 g/mol. The number of carbonyl (C=O) groups is 4. The van der Waals surface area contributed by atoms with Gasteiger partial charge in [-0.1, -0.05) is 27.2 Å². The van der Waals surface area contributed by atoms with Crippen LogP contribution < -0.4 is 10.6 Å². The molecule has 0 aromatic carbocycles. The van der Waals surface area contributed by atoms with Gasteiger partial charge in [0.05, 0.1) is 50.3 Å². The Balaban J connectivity index is 2.15. The largest absolute Gasteiger partial charge is 0.468 e. The lowest BCUT2D eigenvalue weighted by molar-refractivity contribution is -0.146. The van der Waals surface area contributed by atoms with Crippen molar-refractivity contribution in [2.75, 3.05) is 53.3 Å². The number of aromatic nitrogens is 2. The molecule has 2 heterocycles. The Labute approximate surface area is 261 Å². The third-order valence-electron chi connectivity index (χ3n) is 8.28. The summed E-state index contributed by atoms with van der Waals surface area (Å²) in [6, 6.07) is -0.224. The number of likely N-dealkylation sites (tertiary alicyclic amines) is 1. The highest BCUT2D eigenvalue weighted by molar-refractivity contribution is 5.84. The molecular formula is C29H45F3N6O7. The number of carbonyl (C=O) groups excluding carboxylic acids is 4. The van der Waals surface area contributed by atoms with Crippen LogP contribution in [0.4, 0.5) is 19.1 Å². The van der Waals surface area contributed by atoms with Crippen LogP contribution in [-0.2, 0) is 39.6 Å². The van der Waals surface area contributed by atoms with Crippen LogP contribution in [0.3, 0.4) is 0 Å². The second kappa shape index (κ2) is 17.2. The molecular weight excluding hydrogens is 601 g/mol. The molecule has 0 radical (unpaired) electrons. The molecule has 1 aliphatic heterocycles. The van der Waals surface area contributed by atoms with Crippen LogP contribution in [0.25, 0.3) is 0 Å². The van der Waals surface area contributed by atoms with Crippen molar-refractivity contribution in [1.29, 1.82) is 0 Å². The number of ether oxygens (including phenoxy) is 3. The fourth-order valence-corrected chi connectivity index (χ4v) is 5.60. The zero-order valence-corrected chi connectivity index (χ0v) is 26.8. The highest BCUT2D eigenvalue weighted by atomic mass is 19.4. The van der Waals surface area contributed by atoms with Crippen LogP contribution in [-0.4, -0.2) is 116 Å². The molecule has 3 amide bonds. The maximum absolute atomic E-state index is 13.7. The Morgan fingerprint density at radius 3 is 2.40 bits per heavy atom. The second-order valence-electron chi connectivity index (χ2n) is 11.1. The number of nitrogens with one attached hydrogen (secondary N) is 2. The number of esters is 1. The predicted octanol–water partition coefficient (Wildman–Crippen LogP) is 2.12. The van der Waals surface area contributed by atoms with E-state index in [1.165, 1.54) is 26.2 Å². The molecule has 0 saturated carbocycles. The van der Waals surface area contributed by atoms with E-state index in [9.17, 15) is 32.3 Å². The minimum atomic E-state index is -4.66. The van der Waals surface area contributed by atoms with Gasteiger partial charge in [-0.05, 0) is 24.8 Å². The van der Waals surface area contributed by atoms with Gasteiger partial charge in [0.2, 0.25) is 23.7 Å². The van der Waals surface area contributed by atoms with Crippen LogP contribution in [0.2, 0.25) is 0 Å². The van der Waals surface area contributed by atoms with Gasteiger partial charge in [-0.3, -0.25) is 19.2 Å². The van der Waals surface area contributed by atoms with Crippen molar-refractivity contribution in [1.82, 2.24) is 25.1 Å². The Bertz CT molecular complexity index is 1160. The van der Waals surface area contributed by atoms with E-state index in [0.29, 0.717) is 25.8 Å². The summed E-state index contributed by atoms with van der Waals surface area (Å²) in [5.74, 6) is -2.83. The molecule has 254 valence electrons. The lowest BCUT2D eigenvalue weighted by Gasteiger charge is -2.39. The number of amides is 3. The fourth-order valence-electron chi connectivity index (χ4n) is 5.60. The molecule has 2 N–H and O–H groups in total. The standard InChI is InChI=1S/C29H45F3N6O7/c1-8-17(2)25(37(4)23(40)15-35-28-33-12-11-21(36-28)29(30,31)32)20(43-5)14-22(39)38-13-9-10-19(38)26(45-7)18(3)27(42)34-16-24(41)44-6/h11-12,17-20,25-26H,8-10,13-16H2,1-7H3,(H,34,42)(H,33,35,36). The fraction of sp³-hybridized carbons (Fsp3) is 0.724. The molecule has 1 aromatic rings. The summed E-state index contributed by atoms with van der Waals surface area (Å²) < 4.78 is 55.1. The smallest absolute Gasteiger partial charge is 0.433 e. The van der Waals surface area contributed by atoms with Crippen molar-refractivity contribution in [3.63, 3.8) is 0 Å². The van der Waals surface area contributed by atoms with Crippen molar-refractivity contribution in [3.8, 4) is 0 Å². The maximum atomic E-state index is 13.7. The number of likely N-dealkylation sites (N-methyl/N-ethyl adjacent to an activating group) is 1. The van der Waals surface area contributed by atoms with E-state index in [-0.39, 0.29) is 37.3 Å². The van der Waals surface area contributed by atoms with Crippen molar-refractivity contribution in [3.05, 3.63) is 18.0 Å². The molecule has 0 aliphatic carbocycles. The lowest BCUT2D eigenvalue weighted by Crippen LogP contribution is -2.54. The predicted molar refractivity (Wildman–Crippen MR) is 157 cm³/mol. The van der Waals surface area contributed by atoms with Gasteiger partial charge < -0.3 is 34.6 Å². The molecule has 1 saturated heterocycles. The third kappa shape index (κ3) is 10.2. The Hall–Kier alpha value is -3.53. The van der Waals surface area contributed by atoms with Crippen LogP contribution in [0, 0.1) is 11.8 Å². The number of alkyl halides is 3. The van der Waals surface area contributed by atoms with Gasteiger partial charge in [-0.15, -0.1) is 0 Å². The van der Waals surface area contributed by atoms with Crippen molar-refractivity contribution in [2.45, 2.75) is 76.9 Å². The topological polar surface area (TPSA) is 152 Å². The van der Waals surface area contributed by atoms with Gasteiger partial charge in [-0.25, -0.2) is 9.97 Å². The molecule has 45 heavy (non-hydrogen) atoms. The third-order valence-corrected chi connectivity index (χ3v) is 8.28. The van der Waals surface area contributed by atoms with E-state index in [4.69, 9.17) is 9.47 Å². The molecule has 2 rings (SSSR count). The number of nitrogens with zero attached hydrogens (tertiary/aromatic N) is 4. The number of hydrogen-bond acceptors (Lipinski definition) is 10.